The molecule has 0 aliphatic heterocycles. The zero-order valence-corrected chi connectivity index (χ0v) is 11.5. The number of fused-ring (bicyclic) bond motifs is 1. The second-order valence-corrected chi connectivity index (χ2v) is 6.19. The van der Waals surface area contributed by atoms with Crippen LogP contribution in [-0.2, 0) is 13.0 Å². The fraction of sp³-hybridized carbons (Fsp3) is 0.400. The first-order valence-electron chi connectivity index (χ1n) is 6.55. The lowest BCUT2D eigenvalue weighted by Gasteiger charge is -2.26. The molecule has 0 radical (unpaired) electrons. The van der Waals surface area contributed by atoms with Crippen molar-refractivity contribution in [2.75, 3.05) is 0 Å². The SMILES string of the molecule is Cc1ncc(CNC2CCCc3ccccc32)s1. The van der Waals surface area contributed by atoms with Crippen LogP contribution in [0.25, 0.3) is 0 Å². The van der Waals surface area contributed by atoms with Gasteiger partial charge in [0.1, 0.15) is 0 Å². The molecule has 2 aromatic rings. The molecule has 18 heavy (non-hydrogen) atoms. The van der Waals surface area contributed by atoms with Crippen LogP contribution in [0.5, 0.6) is 0 Å². The van der Waals surface area contributed by atoms with Gasteiger partial charge >= 0.3 is 0 Å². The highest BCUT2D eigenvalue weighted by atomic mass is 32.1. The fourth-order valence-electron chi connectivity index (χ4n) is 2.68. The lowest BCUT2D eigenvalue weighted by molar-refractivity contribution is 0.461. The molecule has 1 heterocycles. The van der Waals surface area contributed by atoms with E-state index in [1.54, 1.807) is 11.3 Å². The van der Waals surface area contributed by atoms with E-state index in [4.69, 9.17) is 0 Å². The Bertz CT molecular complexity index is 533. The highest BCUT2D eigenvalue weighted by Gasteiger charge is 2.19. The van der Waals surface area contributed by atoms with Gasteiger partial charge in [0.05, 0.1) is 5.01 Å². The van der Waals surface area contributed by atoms with E-state index in [9.17, 15) is 0 Å². The van der Waals surface area contributed by atoms with Crippen LogP contribution in [0.4, 0.5) is 0 Å². The molecular weight excluding hydrogens is 240 g/mol. The molecule has 0 spiro atoms. The van der Waals surface area contributed by atoms with Crippen molar-refractivity contribution < 1.29 is 0 Å². The summed E-state index contributed by atoms with van der Waals surface area (Å²) in [6.07, 6.45) is 5.75. The van der Waals surface area contributed by atoms with Gasteiger partial charge in [0.25, 0.3) is 0 Å². The van der Waals surface area contributed by atoms with Crippen molar-refractivity contribution in [3.05, 3.63) is 51.5 Å². The van der Waals surface area contributed by atoms with E-state index in [1.807, 2.05) is 6.20 Å². The van der Waals surface area contributed by atoms with Crippen LogP contribution >= 0.6 is 11.3 Å². The highest BCUT2D eigenvalue weighted by Crippen LogP contribution is 2.29. The lowest BCUT2D eigenvalue weighted by Crippen LogP contribution is -2.24. The number of aryl methyl sites for hydroxylation is 2. The van der Waals surface area contributed by atoms with Gasteiger partial charge in [-0.3, -0.25) is 0 Å². The minimum atomic E-state index is 0.511. The maximum atomic E-state index is 4.30. The van der Waals surface area contributed by atoms with E-state index in [1.165, 1.54) is 35.3 Å². The first kappa shape index (κ1) is 11.9. The van der Waals surface area contributed by atoms with Crippen molar-refractivity contribution in [2.24, 2.45) is 0 Å². The van der Waals surface area contributed by atoms with Crippen LogP contribution in [0.2, 0.25) is 0 Å². The van der Waals surface area contributed by atoms with Gasteiger partial charge in [0, 0.05) is 23.7 Å². The second kappa shape index (κ2) is 5.21. The third-order valence-electron chi connectivity index (χ3n) is 3.56. The average Bonchev–Trinajstić information content (AvgIpc) is 2.82. The lowest BCUT2D eigenvalue weighted by atomic mass is 9.88. The standard InChI is InChI=1S/C15H18N2S/c1-11-16-9-13(18-11)10-17-15-8-4-6-12-5-2-3-7-14(12)15/h2-3,5,7,9,15,17H,4,6,8,10H2,1H3. The summed E-state index contributed by atoms with van der Waals surface area (Å²) < 4.78 is 0. The van der Waals surface area contributed by atoms with Gasteiger partial charge in [-0.25, -0.2) is 4.98 Å². The Hall–Kier alpha value is -1.19. The van der Waals surface area contributed by atoms with Gasteiger partial charge in [0.15, 0.2) is 0 Å². The predicted octanol–water partition coefficient (Wildman–Crippen LogP) is 3.62. The van der Waals surface area contributed by atoms with Crippen molar-refractivity contribution in [1.29, 1.82) is 0 Å². The molecule has 0 saturated heterocycles. The van der Waals surface area contributed by atoms with Gasteiger partial charge < -0.3 is 5.32 Å². The molecule has 1 unspecified atom stereocenters. The van der Waals surface area contributed by atoms with Gasteiger partial charge in [-0.2, -0.15) is 0 Å². The third kappa shape index (κ3) is 2.47. The molecule has 1 aromatic carbocycles. The van der Waals surface area contributed by atoms with Gasteiger partial charge in [-0.05, 0) is 37.3 Å². The van der Waals surface area contributed by atoms with Crippen LogP contribution in [0.3, 0.4) is 0 Å². The monoisotopic (exact) mass is 258 g/mol. The summed E-state index contributed by atoms with van der Waals surface area (Å²) in [5.41, 5.74) is 3.01. The van der Waals surface area contributed by atoms with Crippen molar-refractivity contribution in [3.8, 4) is 0 Å². The molecule has 0 amide bonds. The number of benzene rings is 1. The molecule has 1 aliphatic carbocycles. The number of hydrogen-bond donors (Lipinski definition) is 1. The summed E-state index contributed by atoms with van der Waals surface area (Å²) in [5.74, 6) is 0. The number of thiazole rings is 1. The van der Waals surface area contributed by atoms with Crippen molar-refractivity contribution in [1.82, 2.24) is 10.3 Å². The number of rotatable bonds is 3. The second-order valence-electron chi connectivity index (χ2n) is 4.87. The Morgan fingerprint density at radius 2 is 2.28 bits per heavy atom. The van der Waals surface area contributed by atoms with Crippen LogP contribution in [0, 0.1) is 6.92 Å². The Balaban J connectivity index is 1.71. The molecule has 94 valence electrons. The largest absolute Gasteiger partial charge is 0.305 e. The topological polar surface area (TPSA) is 24.9 Å². The number of aromatic nitrogens is 1. The van der Waals surface area contributed by atoms with E-state index in [2.05, 4.69) is 41.5 Å². The Kier molecular flexibility index (Phi) is 3.43. The maximum Gasteiger partial charge on any atom is 0.0897 e. The van der Waals surface area contributed by atoms with Crippen molar-refractivity contribution in [3.63, 3.8) is 0 Å². The third-order valence-corrected chi connectivity index (χ3v) is 4.47. The molecule has 3 rings (SSSR count). The van der Waals surface area contributed by atoms with Gasteiger partial charge in [-0.15, -0.1) is 11.3 Å². The van der Waals surface area contributed by atoms with Gasteiger partial charge in [0.2, 0.25) is 0 Å². The Morgan fingerprint density at radius 1 is 1.39 bits per heavy atom. The fourth-order valence-corrected chi connectivity index (χ4v) is 3.42. The van der Waals surface area contributed by atoms with Crippen LogP contribution in [-0.4, -0.2) is 4.98 Å². The summed E-state index contributed by atoms with van der Waals surface area (Å²) in [5, 5.41) is 4.83. The van der Waals surface area contributed by atoms with Gasteiger partial charge in [-0.1, -0.05) is 24.3 Å². The van der Waals surface area contributed by atoms with E-state index < -0.39 is 0 Å². The summed E-state index contributed by atoms with van der Waals surface area (Å²) in [4.78, 5) is 5.63. The van der Waals surface area contributed by atoms with Crippen LogP contribution in [0.15, 0.2) is 30.5 Å². The molecule has 0 saturated carbocycles. The number of nitrogens with zero attached hydrogens (tertiary/aromatic N) is 1. The first-order chi connectivity index (χ1) is 8.83. The summed E-state index contributed by atoms with van der Waals surface area (Å²) in [7, 11) is 0. The molecule has 1 N–H and O–H groups in total. The summed E-state index contributed by atoms with van der Waals surface area (Å²) in [6.45, 7) is 2.99. The Labute approximate surface area is 112 Å². The minimum absolute atomic E-state index is 0.511. The molecule has 0 fully saturated rings. The van der Waals surface area contributed by atoms with E-state index in [0.29, 0.717) is 6.04 Å². The smallest absolute Gasteiger partial charge is 0.0897 e. The van der Waals surface area contributed by atoms with Crippen LogP contribution < -0.4 is 5.32 Å². The van der Waals surface area contributed by atoms with Crippen LogP contribution in [0.1, 0.15) is 39.9 Å². The zero-order valence-electron chi connectivity index (χ0n) is 10.6. The normalized spacial score (nSPS) is 18.6. The number of nitrogens with one attached hydrogen (secondary N) is 1. The minimum Gasteiger partial charge on any atom is -0.305 e. The first-order valence-corrected chi connectivity index (χ1v) is 7.37. The highest BCUT2D eigenvalue weighted by molar-refractivity contribution is 7.11. The molecule has 2 nitrogen and oxygen atoms in total. The van der Waals surface area contributed by atoms with E-state index >= 15 is 0 Å². The molecule has 1 aliphatic rings. The zero-order chi connectivity index (χ0) is 12.4. The molecule has 1 aromatic heterocycles. The van der Waals surface area contributed by atoms with E-state index in [0.717, 1.165) is 11.6 Å². The average molecular weight is 258 g/mol. The van der Waals surface area contributed by atoms with Crippen molar-refractivity contribution >= 4 is 11.3 Å². The quantitative estimate of drug-likeness (QED) is 0.909. The maximum absolute atomic E-state index is 4.30. The Morgan fingerprint density at radius 3 is 3.11 bits per heavy atom. The predicted molar refractivity (Wildman–Crippen MR) is 75.8 cm³/mol. The van der Waals surface area contributed by atoms with E-state index in [-0.39, 0.29) is 0 Å². The van der Waals surface area contributed by atoms with Crippen molar-refractivity contribution in [2.45, 2.75) is 38.8 Å². The molecule has 3 heteroatoms. The summed E-state index contributed by atoms with van der Waals surface area (Å²) >= 11 is 1.78. The molecule has 1 atom stereocenters. The summed E-state index contributed by atoms with van der Waals surface area (Å²) in [6, 6.07) is 9.34. The molecular formula is C15H18N2S. The molecule has 0 bridgehead atoms. The number of hydrogen-bond acceptors (Lipinski definition) is 3.